The Morgan fingerprint density at radius 3 is 3.00 bits per heavy atom. The number of rotatable bonds is 5. The number of anilines is 1. The van der Waals surface area contributed by atoms with Gasteiger partial charge in [-0.2, -0.15) is 11.3 Å². The lowest BCUT2D eigenvalue weighted by molar-refractivity contribution is -0.116. The van der Waals surface area contributed by atoms with Crippen molar-refractivity contribution in [3.63, 3.8) is 0 Å². The van der Waals surface area contributed by atoms with Crippen molar-refractivity contribution in [2.24, 2.45) is 0 Å². The van der Waals surface area contributed by atoms with Crippen LogP contribution in [0.2, 0.25) is 0 Å². The van der Waals surface area contributed by atoms with Crippen molar-refractivity contribution < 1.29 is 4.79 Å². The first-order valence-corrected chi connectivity index (χ1v) is 7.22. The van der Waals surface area contributed by atoms with Crippen LogP contribution in [-0.2, 0) is 4.79 Å². The number of hydrogen-bond donors (Lipinski definition) is 1. The summed E-state index contributed by atoms with van der Waals surface area (Å²) in [6.07, 6.45) is 3.38. The van der Waals surface area contributed by atoms with Crippen LogP contribution in [0, 0.1) is 0 Å². The highest BCUT2D eigenvalue weighted by Crippen LogP contribution is 2.23. The summed E-state index contributed by atoms with van der Waals surface area (Å²) >= 11 is 1.57. The highest BCUT2D eigenvalue weighted by Gasteiger charge is 2.19. The van der Waals surface area contributed by atoms with Crippen molar-refractivity contribution >= 4 is 23.1 Å². The zero-order chi connectivity index (χ0) is 14.5. The molecule has 0 bridgehead atoms. The molecule has 0 aliphatic carbocycles. The van der Waals surface area contributed by atoms with E-state index in [0.29, 0.717) is 5.82 Å². The number of nitrogens with one attached hydrogen (secondary N) is 1. The molecule has 3 aromatic heterocycles. The molecule has 0 radical (unpaired) electrons. The van der Waals surface area contributed by atoms with Gasteiger partial charge < -0.3 is 5.32 Å². The first kappa shape index (κ1) is 13.4. The molecule has 3 aromatic rings. The predicted molar refractivity (Wildman–Crippen MR) is 77.8 cm³/mol. The van der Waals surface area contributed by atoms with Gasteiger partial charge in [0.15, 0.2) is 0 Å². The van der Waals surface area contributed by atoms with Crippen LogP contribution in [0.3, 0.4) is 0 Å². The number of carbonyl (C=O) groups is 1. The Kier molecular flexibility index (Phi) is 3.97. The van der Waals surface area contributed by atoms with Crippen molar-refractivity contribution in [2.75, 3.05) is 5.32 Å². The molecule has 0 aliphatic rings. The number of carbonyl (C=O) groups excluding carboxylic acids is 1. The van der Waals surface area contributed by atoms with Crippen molar-refractivity contribution in [1.29, 1.82) is 0 Å². The van der Waals surface area contributed by atoms with Crippen molar-refractivity contribution in [1.82, 2.24) is 25.2 Å². The van der Waals surface area contributed by atoms with E-state index in [9.17, 15) is 4.79 Å². The average Bonchev–Trinajstić information content (AvgIpc) is 3.19. The fourth-order valence-corrected chi connectivity index (χ4v) is 2.65. The molecule has 0 aromatic carbocycles. The Labute approximate surface area is 124 Å². The van der Waals surface area contributed by atoms with E-state index in [4.69, 9.17) is 0 Å². The van der Waals surface area contributed by atoms with Gasteiger partial charge in [0.1, 0.15) is 12.1 Å². The number of thiophene rings is 1. The predicted octanol–water partition coefficient (Wildman–Crippen LogP) is 1.75. The SMILES string of the molecule is O=C(C[C@@H](c1ccsc1)n1cnnn1)Nc1ccccn1. The molecule has 1 atom stereocenters. The molecular formula is C13H12N6OS. The van der Waals surface area contributed by atoms with Crippen LogP contribution in [0.15, 0.2) is 47.5 Å². The summed E-state index contributed by atoms with van der Waals surface area (Å²) in [4.78, 5) is 16.3. The minimum Gasteiger partial charge on any atom is -0.311 e. The largest absolute Gasteiger partial charge is 0.311 e. The first-order chi connectivity index (χ1) is 10.3. The van der Waals surface area contributed by atoms with E-state index in [0.717, 1.165) is 5.56 Å². The molecule has 0 aliphatic heterocycles. The lowest BCUT2D eigenvalue weighted by Crippen LogP contribution is -2.21. The van der Waals surface area contributed by atoms with Crippen molar-refractivity contribution in [3.8, 4) is 0 Å². The number of amides is 1. The quantitative estimate of drug-likeness (QED) is 0.776. The summed E-state index contributed by atoms with van der Waals surface area (Å²) in [7, 11) is 0. The van der Waals surface area contributed by atoms with Gasteiger partial charge in [-0.25, -0.2) is 9.67 Å². The third-order valence-corrected chi connectivity index (χ3v) is 3.62. The van der Waals surface area contributed by atoms with Gasteiger partial charge in [-0.1, -0.05) is 6.07 Å². The molecule has 1 N–H and O–H groups in total. The van der Waals surface area contributed by atoms with Crippen LogP contribution >= 0.6 is 11.3 Å². The monoisotopic (exact) mass is 300 g/mol. The third-order valence-electron chi connectivity index (χ3n) is 2.92. The van der Waals surface area contributed by atoms with Gasteiger partial charge in [0.25, 0.3) is 0 Å². The Bertz CT molecular complexity index is 649. The Hall–Kier alpha value is -2.61. The maximum absolute atomic E-state index is 12.2. The van der Waals surface area contributed by atoms with Crippen LogP contribution in [0.25, 0.3) is 0 Å². The Morgan fingerprint density at radius 2 is 2.33 bits per heavy atom. The van der Waals surface area contributed by atoms with Crippen LogP contribution in [-0.4, -0.2) is 31.1 Å². The normalized spacial score (nSPS) is 12.0. The molecule has 8 heteroatoms. The topological polar surface area (TPSA) is 85.6 Å². The summed E-state index contributed by atoms with van der Waals surface area (Å²) in [6, 6.07) is 7.10. The number of nitrogens with zero attached hydrogens (tertiary/aromatic N) is 5. The van der Waals surface area contributed by atoms with E-state index in [1.54, 1.807) is 34.3 Å². The number of aromatic nitrogens is 5. The van der Waals surface area contributed by atoms with E-state index in [1.165, 1.54) is 6.33 Å². The van der Waals surface area contributed by atoms with Crippen LogP contribution < -0.4 is 5.32 Å². The summed E-state index contributed by atoms with van der Waals surface area (Å²) in [5, 5.41) is 17.9. The van der Waals surface area contributed by atoms with Gasteiger partial charge >= 0.3 is 0 Å². The van der Waals surface area contributed by atoms with Gasteiger partial charge in [-0.3, -0.25) is 4.79 Å². The summed E-state index contributed by atoms with van der Waals surface area (Å²) in [5.74, 6) is 0.392. The standard InChI is InChI=1S/C13H12N6OS/c20-13(16-12-3-1-2-5-14-12)7-11(10-4-6-21-8-10)19-9-15-17-18-19/h1-6,8-9,11H,7H2,(H,14,16,20)/t11-/m0/s1. The number of hydrogen-bond acceptors (Lipinski definition) is 6. The summed E-state index contributed by atoms with van der Waals surface area (Å²) in [6.45, 7) is 0. The minimum absolute atomic E-state index is 0.139. The molecule has 0 unspecified atom stereocenters. The molecule has 3 rings (SSSR count). The smallest absolute Gasteiger partial charge is 0.228 e. The summed E-state index contributed by atoms with van der Waals surface area (Å²) < 4.78 is 1.58. The second kappa shape index (κ2) is 6.23. The second-order valence-corrected chi connectivity index (χ2v) is 5.11. The molecular weight excluding hydrogens is 288 g/mol. The van der Waals surface area contributed by atoms with Crippen LogP contribution in [0.4, 0.5) is 5.82 Å². The van der Waals surface area contributed by atoms with Gasteiger partial charge in [-0.15, -0.1) is 5.10 Å². The first-order valence-electron chi connectivity index (χ1n) is 6.28. The molecule has 1 amide bonds. The van der Waals surface area contributed by atoms with E-state index in [-0.39, 0.29) is 18.4 Å². The Balaban J connectivity index is 1.75. The second-order valence-electron chi connectivity index (χ2n) is 4.33. The number of pyridine rings is 1. The molecule has 21 heavy (non-hydrogen) atoms. The highest BCUT2D eigenvalue weighted by atomic mass is 32.1. The van der Waals surface area contributed by atoms with E-state index < -0.39 is 0 Å². The maximum Gasteiger partial charge on any atom is 0.228 e. The zero-order valence-corrected chi connectivity index (χ0v) is 11.8. The Morgan fingerprint density at radius 1 is 1.38 bits per heavy atom. The minimum atomic E-state index is -0.227. The maximum atomic E-state index is 12.2. The van der Waals surface area contributed by atoms with E-state index in [2.05, 4.69) is 25.8 Å². The fourth-order valence-electron chi connectivity index (χ4n) is 1.95. The lowest BCUT2D eigenvalue weighted by atomic mass is 10.1. The van der Waals surface area contributed by atoms with Crippen LogP contribution in [0.1, 0.15) is 18.0 Å². The van der Waals surface area contributed by atoms with E-state index in [1.807, 2.05) is 22.9 Å². The van der Waals surface area contributed by atoms with Gasteiger partial charge in [0.05, 0.1) is 12.5 Å². The molecule has 0 fully saturated rings. The van der Waals surface area contributed by atoms with Gasteiger partial charge in [0.2, 0.25) is 5.91 Å². The number of tetrazole rings is 1. The van der Waals surface area contributed by atoms with Crippen molar-refractivity contribution in [2.45, 2.75) is 12.5 Å². The molecule has 7 nitrogen and oxygen atoms in total. The molecule has 106 valence electrons. The lowest BCUT2D eigenvalue weighted by Gasteiger charge is -2.14. The summed E-state index contributed by atoms with van der Waals surface area (Å²) in [5.41, 5.74) is 1.00. The van der Waals surface area contributed by atoms with Crippen molar-refractivity contribution in [3.05, 3.63) is 53.1 Å². The molecule has 3 heterocycles. The molecule has 0 spiro atoms. The zero-order valence-electron chi connectivity index (χ0n) is 11.0. The van der Waals surface area contributed by atoms with Gasteiger partial charge in [0, 0.05) is 6.20 Å². The molecule has 0 saturated carbocycles. The third kappa shape index (κ3) is 3.29. The average molecular weight is 300 g/mol. The highest BCUT2D eigenvalue weighted by molar-refractivity contribution is 7.07. The van der Waals surface area contributed by atoms with Crippen LogP contribution in [0.5, 0.6) is 0 Å². The molecule has 0 saturated heterocycles. The van der Waals surface area contributed by atoms with Gasteiger partial charge in [-0.05, 0) is 44.9 Å². The fraction of sp³-hybridized carbons (Fsp3) is 0.154. The van der Waals surface area contributed by atoms with E-state index >= 15 is 0 Å².